The maximum atomic E-state index is 12.3. The Balaban J connectivity index is 1.88. The van der Waals surface area contributed by atoms with Crippen molar-refractivity contribution >= 4 is 11.9 Å². The quantitative estimate of drug-likeness (QED) is 0.683. The highest BCUT2D eigenvalue weighted by atomic mass is 16.4. The molecule has 132 valence electrons. The lowest BCUT2D eigenvalue weighted by Gasteiger charge is -2.34. The molecule has 0 aromatic heterocycles. The highest BCUT2D eigenvalue weighted by Gasteiger charge is 2.36. The van der Waals surface area contributed by atoms with Crippen molar-refractivity contribution < 1.29 is 19.8 Å². The highest BCUT2D eigenvalue weighted by molar-refractivity contribution is 5.84. The molecule has 6 nitrogen and oxygen atoms in total. The second kappa shape index (κ2) is 8.11. The molecule has 0 bridgehead atoms. The minimum absolute atomic E-state index is 0.0813. The van der Waals surface area contributed by atoms with Gasteiger partial charge in [-0.3, -0.25) is 4.79 Å². The van der Waals surface area contributed by atoms with E-state index in [-0.39, 0.29) is 18.2 Å². The first-order chi connectivity index (χ1) is 10.9. The highest BCUT2D eigenvalue weighted by Crippen LogP contribution is 2.32. The van der Waals surface area contributed by atoms with Crippen LogP contribution in [0.25, 0.3) is 0 Å². The van der Waals surface area contributed by atoms with E-state index in [9.17, 15) is 14.7 Å². The second-order valence-electron chi connectivity index (χ2n) is 7.19. The van der Waals surface area contributed by atoms with Gasteiger partial charge >= 0.3 is 5.97 Å². The van der Waals surface area contributed by atoms with E-state index < -0.39 is 24.2 Å². The van der Waals surface area contributed by atoms with E-state index in [1.54, 1.807) is 0 Å². The van der Waals surface area contributed by atoms with Crippen LogP contribution >= 0.6 is 0 Å². The Labute approximate surface area is 138 Å². The maximum Gasteiger partial charge on any atom is 0.326 e. The van der Waals surface area contributed by atoms with E-state index in [2.05, 4.69) is 6.92 Å². The number of likely N-dealkylation sites (tertiary alicyclic amines) is 1. The smallest absolute Gasteiger partial charge is 0.326 e. The number of aliphatic hydroxyl groups is 1. The summed E-state index contributed by atoms with van der Waals surface area (Å²) in [7, 11) is 0. The van der Waals surface area contributed by atoms with Crippen LogP contribution in [0.15, 0.2) is 0 Å². The molecule has 0 aromatic rings. The van der Waals surface area contributed by atoms with Crippen molar-refractivity contribution in [3.8, 4) is 0 Å². The third kappa shape index (κ3) is 4.44. The molecule has 1 amide bonds. The summed E-state index contributed by atoms with van der Waals surface area (Å²) in [6.07, 6.45) is 6.17. The number of carbonyl (C=O) groups excluding carboxylic acids is 1. The van der Waals surface area contributed by atoms with E-state index in [4.69, 9.17) is 10.8 Å². The summed E-state index contributed by atoms with van der Waals surface area (Å²) < 4.78 is 0. The topological polar surface area (TPSA) is 104 Å². The number of nitrogens with two attached hydrogens (primary N) is 1. The number of amides is 1. The van der Waals surface area contributed by atoms with Gasteiger partial charge in [0.2, 0.25) is 5.91 Å². The predicted molar refractivity (Wildman–Crippen MR) is 86.7 cm³/mol. The number of carboxylic acid groups (broad SMARTS) is 1. The van der Waals surface area contributed by atoms with Gasteiger partial charge in [-0.05, 0) is 24.7 Å². The lowest BCUT2D eigenvalue weighted by molar-refractivity contribution is -0.149. The molecule has 2 fully saturated rings. The number of hydrogen-bond donors (Lipinski definition) is 3. The van der Waals surface area contributed by atoms with Crippen LogP contribution in [0.2, 0.25) is 0 Å². The number of aliphatic carboxylic acids is 1. The van der Waals surface area contributed by atoms with Gasteiger partial charge in [0, 0.05) is 12.6 Å². The molecule has 4 unspecified atom stereocenters. The molecule has 0 aromatic carbocycles. The second-order valence-corrected chi connectivity index (χ2v) is 7.19. The Morgan fingerprint density at radius 2 is 1.83 bits per heavy atom. The van der Waals surface area contributed by atoms with E-state index >= 15 is 0 Å². The van der Waals surface area contributed by atoms with Crippen LogP contribution in [0, 0.1) is 11.8 Å². The van der Waals surface area contributed by atoms with Gasteiger partial charge in [0.05, 0.1) is 12.5 Å². The van der Waals surface area contributed by atoms with E-state index in [0.29, 0.717) is 25.3 Å². The fourth-order valence-electron chi connectivity index (χ4n) is 4.08. The molecule has 1 aliphatic carbocycles. The molecular weight excluding hydrogens is 296 g/mol. The number of nitrogens with zero attached hydrogens (tertiary/aromatic N) is 1. The molecule has 1 heterocycles. The molecule has 1 aliphatic heterocycles. The maximum absolute atomic E-state index is 12.3. The van der Waals surface area contributed by atoms with Crippen molar-refractivity contribution in [2.45, 2.75) is 76.5 Å². The molecule has 4 N–H and O–H groups in total. The Kier molecular flexibility index (Phi) is 6.41. The fourth-order valence-corrected chi connectivity index (χ4v) is 4.08. The molecular formula is C17H30N2O4. The summed E-state index contributed by atoms with van der Waals surface area (Å²) >= 11 is 0. The molecule has 1 saturated heterocycles. The van der Waals surface area contributed by atoms with E-state index in [1.807, 2.05) is 0 Å². The fraction of sp³-hybridized carbons (Fsp3) is 0.882. The third-order valence-electron chi connectivity index (χ3n) is 5.69. The summed E-state index contributed by atoms with van der Waals surface area (Å²) in [5.74, 6) is -0.576. The molecule has 6 heteroatoms. The zero-order valence-electron chi connectivity index (χ0n) is 14.0. The lowest BCUT2D eigenvalue weighted by atomic mass is 9.76. The van der Waals surface area contributed by atoms with Crippen LogP contribution in [-0.4, -0.2) is 51.7 Å². The van der Waals surface area contributed by atoms with Gasteiger partial charge in [0.15, 0.2) is 0 Å². The van der Waals surface area contributed by atoms with E-state index in [0.717, 1.165) is 12.8 Å². The minimum atomic E-state index is -0.967. The number of hydrogen-bond acceptors (Lipinski definition) is 4. The summed E-state index contributed by atoms with van der Waals surface area (Å²) in [6.45, 7) is 2.51. The van der Waals surface area contributed by atoms with Crippen molar-refractivity contribution in [1.82, 2.24) is 4.90 Å². The Morgan fingerprint density at radius 1 is 1.17 bits per heavy atom. The monoisotopic (exact) mass is 326 g/mol. The number of aliphatic hydroxyl groups excluding tert-OH is 1. The summed E-state index contributed by atoms with van der Waals surface area (Å²) in [4.78, 5) is 24.9. The van der Waals surface area contributed by atoms with Crippen LogP contribution in [0.5, 0.6) is 0 Å². The Hall–Kier alpha value is -1.14. The van der Waals surface area contributed by atoms with Gasteiger partial charge in [0.1, 0.15) is 6.04 Å². The molecule has 4 atom stereocenters. The third-order valence-corrected chi connectivity index (χ3v) is 5.69. The lowest BCUT2D eigenvalue weighted by Crippen LogP contribution is -2.47. The van der Waals surface area contributed by atoms with Crippen molar-refractivity contribution in [3.63, 3.8) is 0 Å². The molecule has 0 spiro atoms. The van der Waals surface area contributed by atoms with Crippen LogP contribution in [-0.2, 0) is 9.59 Å². The minimum Gasteiger partial charge on any atom is -0.480 e. The van der Waals surface area contributed by atoms with Crippen LogP contribution in [0.3, 0.4) is 0 Å². The summed E-state index contributed by atoms with van der Waals surface area (Å²) in [5, 5.41) is 19.5. The summed E-state index contributed by atoms with van der Waals surface area (Å²) in [6, 6.07) is -1.19. The predicted octanol–water partition coefficient (Wildman–Crippen LogP) is 1.36. The first kappa shape index (κ1) is 18.2. The zero-order valence-corrected chi connectivity index (χ0v) is 14.0. The molecule has 1 saturated carbocycles. The summed E-state index contributed by atoms with van der Waals surface area (Å²) in [5.41, 5.74) is 6.20. The molecule has 2 aliphatic rings. The van der Waals surface area contributed by atoms with E-state index in [1.165, 1.54) is 24.2 Å². The SMILES string of the molecule is CC(C1CCCCC1)C(N)C(O)CC(=O)N1CCCC1C(=O)O. The van der Waals surface area contributed by atoms with Gasteiger partial charge in [-0.1, -0.05) is 39.0 Å². The van der Waals surface area contributed by atoms with Crippen molar-refractivity contribution in [1.29, 1.82) is 0 Å². The van der Waals surface area contributed by atoms with Gasteiger partial charge in [-0.15, -0.1) is 0 Å². The zero-order chi connectivity index (χ0) is 17.0. The first-order valence-corrected chi connectivity index (χ1v) is 8.87. The number of carboxylic acids is 1. The van der Waals surface area contributed by atoms with Crippen LogP contribution < -0.4 is 5.73 Å². The largest absolute Gasteiger partial charge is 0.480 e. The van der Waals surface area contributed by atoms with Crippen molar-refractivity contribution in [2.24, 2.45) is 17.6 Å². The molecule has 0 radical (unpaired) electrons. The standard InChI is InChI=1S/C17H30N2O4/c1-11(12-6-3-2-4-7-12)16(18)14(20)10-15(21)19-9-5-8-13(19)17(22)23/h11-14,16,20H,2-10,18H2,1H3,(H,22,23). The average Bonchev–Trinajstić information content (AvgIpc) is 3.04. The number of rotatable bonds is 6. The molecule has 23 heavy (non-hydrogen) atoms. The first-order valence-electron chi connectivity index (χ1n) is 8.87. The van der Waals surface area contributed by atoms with Crippen molar-refractivity contribution in [2.75, 3.05) is 6.54 Å². The average molecular weight is 326 g/mol. The van der Waals surface area contributed by atoms with Gasteiger partial charge in [-0.2, -0.15) is 0 Å². The number of carbonyl (C=O) groups is 2. The van der Waals surface area contributed by atoms with Crippen LogP contribution in [0.1, 0.15) is 58.3 Å². The van der Waals surface area contributed by atoms with Gasteiger partial charge in [-0.25, -0.2) is 4.79 Å². The van der Waals surface area contributed by atoms with Crippen molar-refractivity contribution in [3.05, 3.63) is 0 Å². The molecule has 2 rings (SSSR count). The van der Waals surface area contributed by atoms with Crippen LogP contribution in [0.4, 0.5) is 0 Å². The van der Waals surface area contributed by atoms with Gasteiger partial charge < -0.3 is 20.8 Å². The van der Waals surface area contributed by atoms with Gasteiger partial charge in [0.25, 0.3) is 0 Å². The Morgan fingerprint density at radius 3 is 2.43 bits per heavy atom. The normalized spacial score (nSPS) is 26.7. The Bertz CT molecular complexity index is 423.